The van der Waals surface area contributed by atoms with Crippen LogP contribution in [0.4, 0.5) is 26.3 Å². The molecule has 2 aliphatic heterocycles. The third kappa shape index (κ3) is 9.20. The summed E-state index contributed by atoms with van der Waals surface area (Å²) in [5.41, 5.74) is 0. The molecule has 204 valence electrons. The van der Waals surface area contributed by atoms with Gasteiger partial charge in [-0.15, -0.1) is 11.3 Å². The van der Waals surface area contributed by atoms with Gasteiger partial charge in [0.2, 0.25) is 5.91 Å². The van der Waals surface area contributed by atoms with Gasteiger partial charge < -0.3 is 20.3 Å². The number of piperidine rings is 1. The Labute approximate surface area is 205 Å². The SMILES string of the molecule is O=C(NC1CCC1)[C@@H]1CN(Cc2nccs2)C[C@H]2OCC[C@H]21.O=C(O)C(F)(F)F.O=C(O)C(F)(F)F. The second-order valence-corrected chi connectivity index (χ2v) is 9.31. The lowest BCUT2D eigenvalue weighted by Crippen LogP contribution is -2.54. The largest absolute Gasteiger partial charge is 0.490 e. The topological polar surface area (TPSA) is 129 Å². The first kappa shape index (κ1) is 29.8. The minimum atomic E-state index is -5.08. The van der Waals surface area contributed by atoms with E-state index in [0.29, 0.717) is 12.0 Å². The lowest BCUT2D eigenvalue weighted by Gasteiger charge is -2.40. The summed E-state index contributed by atoms with van der Waals surface area (Å²) in [6.45, 7) is 3.39. The van der Waals surface area contributed by atoms with Crippen LogP contribution in [0.2, 0.25) is 0 Å². The van der Waals surface area contributed by atoms with Crippen molar-refractivity contribution in [2.75, 3.05) is 19.7 Å². The summed E-state index contributed by atoms with van der Waals surface area (Å²) < 4.78 is 69.4. The van der Waals surface area contributed by atoms with E-state index in [2.05, 4.69) is 15.2 Å². The molecule has 3 heterocycles. The van der Waals surface area contributed by atoms with Crippen LogP contribution in [0.3, 0.4) is 0 Å². The van der Waals surface area contributed by atoms with Gasteiger partial charge in [0.05, 0.1) is 18.6 Å². The summed E-state index contributed by atoms with van der Waals surface area (Å²) >= 11 is 1.68. The highest BCUT2D eigenvalue weighted by Gasteiger charge is 2.44. The molecule has 1 aromatic heterocycles. The second-order valence-electron chi connectivity index (χ2n) is 8.33. The van der Waals surface area contributed by atoms with Crippen molar-refractivity contribution in [3.8, 4) is 0 Å². The number of carbonyl (C=O) groups excluding carboxylic acids is 1. The van der Waals surface area contributed by atoms with Gasteiger partial charge in [-0.2, -0.15) is 26.3 Å². The smallest absolute Gasteiger partial charge is 0.475 e. The normalized spacial score (nSPS) is 24.2. The fourth-order valence-electron chi connectivity index (χ4n) is 3.85. The van der Waals surface area contributed by atoms with Gasteiger partial charge in [0.15, 0.2) is 0 Å². The van der Waals surface area contributed by atoms with Crippen molar-refractivity contribution < 1.29 is 55.7 Å². The minimum Gasteiger partial charge on any atom is -0.475 e. The lowest BCUT2D eigenvalue weighted by atomic mass is 9.81. The van der Waals surface area contributed by atoms with Crippen LogP contribution in [-0.2, 0) is 25.7 Å². The zero-order valence-electron chi connectivity index (χ0n) is 18.7. The fourth-order valence-corrected chi connectivity index (χ4v) is 4.50. The number of carboxylic acid groups (broad SMARTS) is 2. The first-order chi connectivity index (χ1) is 16.7. The molecule has 9 nitrogen and oxygen atoms in total. The number of fused-ring (bicyclic) bond motifs is 1. The number of alkyl halides is 6. The summed E-state index contributed by atoms with van der Waals surface area (Å²) in [6.07, 6.45) is -3.54. The van der Waals surface area contributed by atoms with Gasteiger partial charge in [0.1, 0.15) is 5.01 Å². The van der Waals surface area contributed by atoms with Gasteiger partial charge in [-0.05, 0) is 25.7 Å². The first-order valence-electron chi connectivity index (χ1n) is 10.8. The molecule has 1 aliphatic carbocycles. The number of rotatable bonds is 4. The van der Waals surface area contributed by atoms with E-state index in [1.165, 1.54) is 6.42 Å². The van der Waals surface area contributed by atoms with Crippen LogP contribution in [0.1, 0.15) is 30.7 Å². The highest BCUT2D eigenvalue weighted by Crippen LogP contribution is 2.35. The van der Waals surface area contributed by atoms with Crippen molar-refractivity contribution in [2.45, 2.75) is 56.7 Å². The Kier molecular flexibility index (Phi) is 10.5. The standard InChI is InChI=1S/C16H23N3O2S.2C2HF3O2/c20-16(18-11-2-1-3-11)13-8-19(10-15-17-5-7-22-15)9-14-12(13)4-6-21-14;2*3-2(4,5)1(6)7/h5,7,11-14H,1-4,6,8-10H2,(H,18,20);2*(H,6,7)/t12-,13+,14+;;/m0../s1. The molecule has 1 amide bonds. The third-order valence-electron chi connectivity index (χ3n) is 5.79. The third-order valence-corrected chi connectivity index (χ3v) is 6.55. The number of aliphatic carboxylic acids is 2. The Balaban J connectivity index is 0.000000271. The summed E-state index contributed by atoms with van der Waals surface area (Å²) in [5.74, 6) is -4.80. The number of halogens is 6. The van der Waals surface area contributed by atoms with Gasteiger partial charge in [-0.25, -0.2) is 14.6 Å². The maximum Gasteiger partial charge on any atom is 0.490 e. The number of likely N-dealkylation sites (tertiary alicyclic amines) is 1. The van der Waals surface area contributed by atoms with Crippen LogP contribution in [0, 0.1) is 11.8 Å². The monoisotopic (exact) mass is 549 g/mol. The van der Waals surface area contributed by atoms with Gasteiger partial charge in [0.25, 0.3) is 0 Å². The Morgan fingerprint density at radius 2 is 1.64 bits per heavy atom. The highest BCUT2D eigenvalue weighted by atomic mass is 32.1. The molecule has 3 atom stereocenters. The van der Waals surface area contributed by atoms with Crippen LogP contribution in [0.25, 0.3) is 0 Å². The van der Waals surface area contributed by atoms with Crippen molar-refractivity contribution in [3.05, 3.63) is 16.6 Å². The van der Waals surface area contributed by atoms with E-state index in [1.807, 2.05) is 11.6 Å². The summed E-state index contributed by atoms with van der Waals surface area (Å²) in [5, 5.41) is 20.6. The molecule has 16 heteroatoms. The molecule has 3 aliphatic rings. The van der Waals surface area contributed by atoms with Crippen LogP contribution >= 0.6 is 11.3 Å². The molecule has 0 aromatic carbocycles. The summed E-state index contributed by atoms with van der Waals surface area (Å²) in [4.78, 5) is 37.2. The van der Waals surface area contributed by atoms with Crippen molar-refractivity contribution in [1.82, 2.24) is 15.2 Å². The average Bonchev–Trinajstić information content (AvgIpc) is 3.41. The van der Waals surface area contributed by atoms with Crippen LogP contribution in [0.5, 0.6) is 0 Å². The molecule has 0 radical (unpaired) electrons. The lowest BCUT2D eigenvalue weighted by molar-refractivity contribution is -0.193. The van der Waals surface area contributed by atoms with Crippen molar-refractivity contribution in [2.24, 2.45) is 11.8 Å². The van der Waals surface area contributed by atoms with Crippen molar-refractivity contribution in [1.29, 1.82) is 0 Å². The van der Waals surface area contributed by atoms with Gasteiger partial charge in [-0.3, -0.25) is 9.69 Å². The quantitative estimate of drug-likeness (QED) is 0.489. The van der Waals surface area contributed by atoms with E-state index >= 15 is 0 Å². The number of carbonyl (C=O) groups is 3. The Hall–Kier alpha value is -2.46. The Morgan fingerprint density at radius 1 is 1.06 bits per heavy atom. The molecule has 0 bridgehead atoms. The zero-order valence-corrected chi connectivity index (χ0v) is 19.5. The number of nitrogens with zero attached hydrogens (tertiary/aromatic N) is 2. The minimum absolute atomic E-state index is 0.0711. The Morgan fingerprint density at radius 3 is 2.08 bits per heavy atom. The molecule has 1 saturated carbocycles. The molecule has 0 unspecified atom stereocenters. The molecule has 4 rings (SSSR count). The van der Waals surface area contributed by atoms with Crippen LogP contribution < -0.4 is 5.32 Å². The molecular weight excluding hydrogens is 524 g/mol. The summed E-state index contributed by atoms with van der Waals surface area (Å²) in [6, 6.07) is 0.419. The van der Waals surface area contributed by atoms with Gasteiger partial charge in [-0.1, -0.05) is 0 Å². The van der Waals surface area contributed by atoms with E-state index < -0.39 is 24.3 Å². The van der Waals surface area contributed by atoms with Crippen LogP contribution in [-0.4, -0.2) is 82.1 Å². The van der Waals surface area contributed by atoms with Crippen molar-refractivity contribution in [3.63, 3.8) is 0 Å². The first-order valence-corrected chi connectivity index (χ1v) is 11.7. The number of hydrogen-bond acceptors (Lipinski definition) is 7. The Bertz CT molecular complexity index is 854. The maximum atomic E-state index is 12.7. The van der Waals surface area contributed by atoms with E-state index in [1.54, 1.807) is 11.3 Å². The van der Waals surface area contributed by atoms with E-state index in [-0.39, 0.29) is 17.9 Å². The van der Waals surface area contributed by atoms with E-state index in [0.717, 1.165) is 50.5 Å². The number of hydrogen-bond donors (Lipinski definition) is 3. The maximum absolute atomic E-state index is 12.7. The molecule has 1 aromatic rings. The highest BCUT2D eigenvalue weighted by molar-refractivity contribution is 7.09. The van der Waals surface area contributed by atoms with Crippen molar-refractivity contribution >= 4 is 29.2 Å². The molecule has 36 heavy (non-hydrogen) atoms. The molecule has 3 fully saturated rings. The molecule has 2 saturated heterocycles. The average molecular weight is 549 g/mol. The predicted molar refractivity (Wildman–Crippen MR) is 112 cm³/mol. The number of nitrogens with one attached hydrogen (secondary N) is 1. The zero-order chi connectivity index (χ0) is 27.1. The van der Waals surface area contributed by atoms with Crippen LogP contribution in [0.15, 0.2) is 11.6 Å². The second kappa shape index (κ2) is 12.7. The number of aromatic nitrogens is 1. The fraction of sp³-hybridized carbons (Fsp3) is 0.700. The number of carboxylic acids is 2. The van der Waals surface area contributed by atoms with E-state index in [9.17, 15) is 31.1 Å². The number of thiazole rings is 1. The molecular formula is C20H25F6N3O6S. The summed E-state index contributed by atoms with van der Waals surface area (Å²) in [7, 11) is 0. The molecule has 0 spiro atoms. The van der Waals surface area contributed by atoms with Gasteiger partial charge in [0, 0.05) is 43.2 Å². The number of amides is 1. The molecule has 3 N–H and O–H groups in total. The number of ether oxygens (including phenoxy) is 1. The van der Waals surface area contributed by atoms with E-state index in [4.69, 9.17) is 24.5 Å². The van der Waals surface area contributed by atoms with Gasteiger partial charge >= 0.3 is 24.3 Å². The predicted octanol–water partition coefficient (Wildman–Crippen LogP) is 2.92.